The van der Waals surface area contributed by atoms with Gasteiger partial charge in [0.15, 0.2) is 5.56 Å². The normalized spacial score (nSPS) is 15.0. The van der Waals surface area contributed by atoms with E-state index in [0.717, 1.165) is 23.0 Å². The van der Waals surface area contributed by atoms with Gasteiger partial charge in [0.1, 0.15) is 11.9 Å². The van der Waals surface area contributed by atoms with Gasteiger partial charge in [-0.05, 0) is 24.3 Å². The SMILES string of the molecule is Cn1c(N[C@@H](c2ccccc2)C2CC2)c(C#N)c(=O)n(C)c1=O. The molecular weight excluding hydrogens is 292 g/mol. The number of hydrogen-bond donors (Lipinski definition) is 1. The molecule has 1 aliphatic rings. The molecule has 1 saturated carbocycles. The molecule has 118 valence electrons. The van der Waals surface area contributed by atoms with Gasteiger partial charge in [0.2, 0.25) is 0 Å². The molecule has 1 heterocycles. The van der Waals surface area contributed by atoms with Crippen molar-refractivity contribution in [3.05, 3.63) is 62.3 Å². The molecule has 6 heteroatoms. The van der Waals surface area contributed by atoms with Gasteiger partial charge in [0, 0.05) is 14.1 Å². The van der Waals surface area contributed by atoms with Crippen LogP contribution in [0.15, 0.2) is 39.9 Å². The average Bonchev–Trinajstić information content (AvgIpc) is 3.40. The van der Waals surface area contributed by atoms with Crippen molar-refractivity contribution in [1.29, 1.82) is 5.26 Å². The maximum Gasteiger partial charge on any atom is 0.332 e. The van der Waals surface area contributed by atoms with Gasteiger partial charge in [-0.1, -0.05) is 30.3 Å². The molecule has 1 N–H and O–H groups in total. The topological polar surface area (TPSA) is 79.8 Å². The quantitative estimate of drug-likeness (QED) is 0.928. The lowest BCUT2D eigenvalue weighted by Gasteiger charge is -2.22. The maximum atomic E-state index is 12.2. The van der Waals surface area contributed by atoms with Crippen LogP contribution in [0.25, 0.3) is 0 Å². The molecule has 1 atom stereocenters. The van der Waals surface area contributed by atoms with Crippen LogP contribution in [-0.4, -0.2) is 9.13 Å². The van der Waals surface area contributed by atoms with Crippen molar-refractivity contribution in [3.8, 4) is 6.07 Å². The van der Waals surface area contributed by atoms with Crippen LogP contribution in [0.1, 0.15) is 30.0 Å². The van der Waals surface area contributed by atoms with Crippen molar-refractivity contribution in [3.63, 3.8) is 0 Å². The Morgan fingerprint density at radius 2 is 1.83 bits per heavy atom. The Labute approximate surface area is 133 Å². The number of nitrogens with one attached hydrogen (secondary N) is 1. The largest absolute Gasteiger partial charge is 0.363 e. The lowest BCUT2D eigenvalue weighted by Crippen LogP contribution is -2.40. The third-order valence-corrected chi connectivity index (χ3v) is 4.32. The van der Waals surface area contributed by atoms with Gasteiger partial charge >= 0.3 is 5.69 Å². The van der Waals surface area contributed by atoms with Gasteiger partial charge in [-0.25, -0.2) is 4.79 Å². The Bertz CT molecular complexity index is 886. The smallest absolute Gasteiger partial charge is 0.332 e. The molecule has 1 aliphatic carbocycles. The first-order chi connectivity index (χ1) is 11.0. The molecular formula is C17H18N4O2. The number of anilines is 1. The predicted molar refractivity (Wildman–Crippen MR) is 87.2 cm³/mol. The second-order valence-corrected chi connectivity index (χ2v) is 5.91. The zero-order valence-corrected chi connectivity index (χ0v) is 13.1. The highest BCUT2D eigenvalue weighted by Gasteiger charge is 2.33. The third-order valence-electron chi connectivity index (χ3n) is 4.32. The highest BCUT2D eigenvalue weighted by molar-refractivity contribution is 5.53. The summed E-state index contributed by atoms with van der Waals surface area (Å²) in [5.74, 6) is 0.740. The van der Waals surface area contributed by atoms with Crippen molar-refractivity contribution in [2.24, 2.45) is 20.0 Å². The van der Waals surface area contributed by atoms with Crippen molar-refractivity contribution < 1.29 is 0 Å². The Morgan fingerprint density at radius 3 is 2.39 bits per heavy atom. The van der Waals surface area contributed by atoms with Crippen LogP contribution in [-0.2, 0) is 14.1 Å². The van der Waals surface area contributed by atoms with Crippen LogP contribution < -0.4 is 16.6 Å². The molecule has 0 aliphatic heterocycles. The van der Waals surface area contributed by atoms with E-state index in [0.29, 0.717) is 11.7 Å². The third kappa shape index (κ3) is 2.66. The minimum atomic E-state index is -0.569. The minimum absolute atomic E-state index is 0.0130. The van der Waals surface area contributed by atoms with Crippen LogP contribution in [0.5, 0.6) is 0 Å². The molecule has 2 aromatic rings. The summed E-state index contributed by atoms with van der Waals surface area (Å²) >= 11 is 0. The number of benzene rings is 1. The minimum Gasteiger partial charge on any atom is -0.363 e. The van der Waals surface area contributed by atoms with Crippen molar-refractivity contribution in [1.82, 2.24) is 9.13 Å². The summed E-state index contributed by atoms with van der Waals surface area (Å²) in [4.78, 5) is 24.3. The lowest BCUT2D eigenvalue weighted by atomic mass is 10.0. The van der Waals surface area contributed by atoms with Crippen molar-refractivity contribution in [2.45, 2.75) is 18.9 Å². The number of nitriles is 1. The van der Waals surface area contributed by atoms with Crippen molar-refractivity contribution in [2.75, 3.05) is 5.32 Å². The van der Waals surface area contributed by atoms with E-state index in [9.17, 15) is 14.9 Å². The molecule has 6 nitrogen and oxygen atoms in total. The van der Waals surface area contributed by atoms with E-state index in [-0.39, 0.29) is 11.6 Å². The van der Waals surface area contributed by atoms with E-state index < -0.39 is 11.2 Å². The Balaban J connectivity index is 2.10. The van der Waals surface area contributed by atoms with E-state index in [1.165, 1.54) is 11.6 Å². The van der Waals surface area contributed by atoms with Crippen LogP contribution in [0, 0.1) is 17.2 Å². The summed E-state index contributed by atoms with van der Waals surface area (Å²) < 4.78 is 2.29. The van der Waals surface area contributed by atoms with E-state index in [1.807, 2.05) is 36.4 Å². The number of aromatic nitrogens is 2. The molecule has 0 radical (unpaired) electrons. The molecule has 0 saturated heterocycles. The molecule has 1 fully saturated rings. The van der Waals surface area contributed by atoms with Crippen LogP contribution in [0.3, 0.4) is 0 Å². The summed E-state index contributed by atoms with van der Waals surface area (Å²) in [6.45, 7) is 0. The maximum absolute atomic E-state index is 12.2. The molecule has 23 heavy (non-hydrogen) atoms. The first-order valence-electron chi connectivity index (χ1n) is 7.56. The first-order valence-corrected chi connectivity index (χ1v) is 7.56. The second kappa shape index (κ2) is 5.76. The molecule has 3 rings (SSSR count). The summed E-state index contributed by atoms with van der Waals surface area (Å²) in [5, 5.41) is 12.6. The predicted octanol–water partition coefficient (Wildman–Crippen LogP) is 1.52. The monoisotopic (exact) mass is 310 g/mol. The van der Waals surface area contributed by atoms with Gasteiger partial charge < -0.3 is 5.32 Å². The molecule has 1 aromatic carbocycles. The Morgan fingerprint density at radius 1 is 1.17 bits per heavy atom. The standard InChI is InChI=1S/C17H18N4O2/c1-20-15(13(10-18)16(22)21(2)17(20)23)19-14(12-8-9-12)11-6-4-3-5-7-11/h3-7,12,14,19H,8-9H2,1-2H3/t14-/m0/s1. The number of nitrogens with zero attached hydrogens (tertiary/aromatic N) is 3. The molecule has 0 unspecified atom stereocenters. The summed E-state index contributed by atoms with van der Waals surface area (Å²) in [5.41, 5.74) is 0.0445. The molecule has 1 aromatic heterocycles. The molecule has 0 spiro atoms. The summed E-state index contributed by atoms with van der Waals surface area (Å²) in [7, 11) is 2.95. The van der Waals surface area contributed by atoms with Gasteiger partial charge in [0.25, 0.3) is 5.56 Å². The number of rotatable bonds is 4. The van der Waals surface area contributed by atoms with Crippen LogP contribution in [0.2, 0.25) is 0 Å². The molecule has 0 amide bonds. The van der Waals surface area contributed by atoms with E-state index in [1.54, 1.807) is 7.05 Å². The fourth-order valence-corrected chi connectivity index (χ4v) is 2.82. The Hall–Kier alpha value is -2.81. The number of hydrogen-bond acceptors (Lipinski definition) is 4. The van der Waals surface area contributed by atoms with Gasteiger partial charge in [0.05, 0.1) is 6.04 Å². The zero-order chi connectivity index (χ0) is 16.6. The fourth-order valence-electron chi connectivity index (χ4n) is 2.82. The Kier molecular flexibility index (Phi) is 3.78. The fraction of sp³-hybridized carbons (Fsp3) is 0.353. The van der Waals surface area contributed by atoms with Gasteiger partial charge in [-0.15, -0.1) is 0 Å². The summed E-state index contributed by atoms with van der Waals surface area (Å²) in [6, 6.07) is 11.8. The van der Waals surface area contributed by atoms with E-state index in [2.05, 4.69) is 5.32 Å². The van der Waals surface area contributed by atoms with Crippen LogP contribution in [0.4, 0.5) is 5.82 Å². The van der Waals surface area contributed by atoms with E-state index >= 15 is 0 Å². The highest BCUT2D eigenvalue weighted by atomic mass is 16.2. The zero-order valence-electron chi connectivity index (χ0n) is 13.1. The summed E-state index contributed by atoms with van der Waals surface area (Å²) in [6.07, 6.45) is 2.18. The van der Waals surface area contributed by atoms with Gasteiger partial charge in [-0.3, -0.25) is 13.9 Å². The average molecular weight is 310 g/mol. The lowest BCUT2D eigenvalue weighted by molar-refractivity contribution is 0.640. The van der Waals surface area contributed by atoms with E-state index in [4.69, 9.17) is 0 Å². The van der Waals surface area contributed by atoms with Gasteiger partial charge in [-0.2, -0.15) is 5.26 Å². The van der Waals surface area contributed by atoms with Crippen LogP contribution >= 0.6 is 0 Å². The second-order valence-electron chi connectivity index (χ2n) is 5.91. The first kappa shape index (κ1) is 15.1. The van der Waals surface area contributed by atoms with Crippen molar-refractivity contribution >= 4 is 5.82 Å². The molecule has 0 bridgehead atoms. The highest BCUT2D eigenvalue weighted by Crippen LogP contribution is 2.42.